The van der Waals surface area contributed by atoms with E-state index < -0.39 is 10.2 Å². The van der Waals surface area contributed by atoms with Gasteiger partial charge >= 0.3 is 0 Å². The summed E-state index contributed by atoms with van der Waals surface area (Å²) in [7, 11) is 2.40. The SMILES string of the molecule is COc1ccc(C=O)cc1CN(C)S(=O)(=O)N(C)C. The number of aldehydes is 1. The Bertz CT molecular complexity index is 555. The van der Waals surface area contributed by atoms with E-state index in [9.17, 15) is 13.2 Å². The lowest BCUT2D eigenvalue weighted by Crippen LogP contribution is -2.36. The Labute approximate surface area is 113 Å². The standard InChI is InChI=1S/C12H18N2O4S/c1-13(2)19(16,17)14(3)8-11-7-10(9-15)5-6-12(11)18-4/h5-7,9H,8H2,1-4H3. The van der Waals surface area contributed by atoms with Gasteiger partial charge in [0.1, 0.15) is 12.0 Å². The minimum atomic E-state index is -3.50. The molecule has 0 radical (unpaired) electrons. The third-order valence-electron chi connectivity index (χ3n) is 2.69. The summed E-state index contributed by atoms with van der Waals surface area (Å²) in [5.74, 6) is 0.548. The Hall–Kier alpha value is -1.44. The van der Waals surface area contributed by atoms with E-state index in [2.05, 4.69) is 0 Å². The van der Waals surface area contributed by atoms with Gasteiger partial charge in [-0.15, -0.1) is 0 Å². The van der Waals surface area contributed by atoms with Crippen LogP contribution in [-0.2, 0) is 16.8 Å². The Morgan fingerprint density at radius 2 is 1.89 bits per heavy atom. The van der Waals surface area contributed by atoms with Gasteiger partial charge in [0, 0.05) is 38.8 Å². The quantitative estimate of drug-likeness (QED) is 0.724. The summed E-state index contributed by atoms with van der Waals surface area (Å²) < 4.78 is 31.4. The van der Waals surface area contributed by atoms with Gasteiger partial charge in [0.25, 0.3) is 10.2 Å². The number of hydrogen-bond acceptors (Lipinski definition) is 4. The van der Waals surface area contributed by atoms with Gasteiger partial charge in [-0.05, 0) is 18.2 Å². The van der Waals surface area contributed by atoms with Crippen molar-refractivity contribution in [3.05, 3.63) is 29.3 Å². The van der Waals surface area contributed by atoms with Crippen LogP contribution in [0.1, 0.15) is 15.9 Å². The minimum absolute atomic E-state index is 0.130. The van der Waals surface area contributed by atoms with Crippen LogP contribution in [0.3, 0.4) is 0 Å². The van der Waals surface area contributed by atoms with Crippen LogP contribution in [0.5, 0.6) is 5.75 Å². The first-order chi connectivity index (χ1) is 8.82. The van der Waals surface area contributed by atoms with Crippen LogP contribution in [-0.4, -0.2) is 51.6 Å². The van der Waals surface area contributed by atoms with Gasteiger partial charge in [-0.3, -0.25) is 4.79 Å². The lowest BCUT2D eigenvalue weighted by molar-refractivity contribution is 0.112. The number of nitrogens with zero attached hydrogens (tertiary/aromatic N) is 2. The number of carbonyl (C=O) groups excluding carboxylic acids is 1. The highest BCUT2D eigenvalue weighted by Gasteiger charge is 2.21. The van der Waals surface area contributed by atoms with Gasteiger partial charge in [0.15, 0.2) is 0 Å². The van der Waals surface area contributed by atoms with Gasteiger partial charge < -0.3 is 4.74 Å². The second-order valence-electron chi connectivity index (χ2n) is 4.24. The molecule has 1 aromatic carbocycles. The van der Waals surface area contributed by atoms with E-state index in [0.29, 0.717) is 23.2 Å². The van der Waals surface area contributed by atoms with Crippen molar-refractivity contribution >= 4 is 16.5 Å². The summed E-state index contributed by atoms with van der Waals surface area (Å²) in [6.07, 6.45) is 0.712. The predicted octanol–water partition coefficient (Wildman–Crippen LogP) is 0.746. The average Bonchev–Trinajstić information content (AvgIpc) is 2.38. The van der Waals surface area contributed by atoms with Gasteiger partial charge in [0.2, 0.25) is 0 Å². The van der Waals surface area contributed by atoms with Crippen molar-refractivity contribution in [2.75, 3.05) is 28.3 Å². The minimum Gasteiger partial charge on any atom is -0.496 e. The van der Waals surface area contributed by atoms with Gasteiger partial charge in [-0.2, -0.15) is 17.0 Å². The van der Waals surface area contributed by atoms with Crippen LogP contribution in [0.15, 0.2) is 18.2 Å². The molecule has 0 aromatic heterocycles. The molecule has 0 atom stereocenters. The first-order valence-corrected chi connectivity index (χ1v) is 6.98. The van der Waals surface area contributed by atoms with Crippen molar-refractivity contribution in [2.24, 2.45) is 0 Å². The molecule has 7 heteroatoms. The number of carbonyl (C=O) groups is 1. The van der Waals surface area contributed by atoms with E-state index in [1.165, 1.54) is 32.6 Å². The highest BCUT2D eigenvalue weighted by Crippen LogP contribution is 2.22. The van der Waals surface area contributed by atoms with Crippen molar-refractivity contribution in [1.29, 1.82) is 0 Å². The Balaban J connectivity index is 3.08. The molecule has 106 valence electrons. The Kier molecular flexibility index (Phi) is 5.04. The number of ether oxygens (including phenoxy) is 1. The molecule has 19 heavy (non-hydrogen) atoms. The Morgan fingerprint density at radius 1 is 1.26 bits per heavy atom. The fraction of sp³-hybridized carbons (Fsp3) is 0.417. The summed E-state index contributed by atoms with van der Waals surface area (Å²) in [5, 5.41) is 0. The summed E-state index contributed by atoms with van der Waals surface area (Å²) in [6.45, 7) is 0.130. The van der Waals surface area contributed by atoms with Crippen LogP contribution in [0.25, 0.3) is 0 Å². The zero-order chi connectivity index (χ0) is 14.6. The molecule has 0 aliphatic heterocycles. The second-order valence-corrected chi connectivity index (χ2v) is 6.48. The van der Waals surface area contributed by atoms with Crippen molar-refractivity contribution in [1.82, 2.24) is 8.61 Å². The second kappa shape index (κ2) is 6.14. The zero-order valence-electron chi connectivity index (χ0n) is 11.5. The topological polar surface area (TPSA) is 66.9 Å². The number of rotatable bonds is 6. The molecule has 0 N–H and O–H groups in total. The molecule has 0 bridgehead atoms. The highest BCUT2D eigenvalue weighted by molar-refractivity contribution is 7.86. The van der Waals surface area contributed by atoms with Crippen molar-refractivity contribution in [3.63, 3.8) is 0 Å². The smallest absolute Gasteiger partial charge is 0.281 e. The van der Waals surface area contributed by atoms with E-state index in [1.54, 1.807) is 18.2 Å². The molecular formula is C12H18N2O4S. The first-order valence-electron chi connectivity index (χ1n) is 5.58. The molecule has 0 saturated carbocycles. The van der Waals surface area contributed by atoms with Crippen LogP contribution in [0.2, 0.25) is 0 Å². The van der Waals surface area contributed by atoms with E-state index >= 15 is 0 Å². The summed E-state index contributed by atoms with van der Waals surface area (Å²) in [5.41, 5.74) is 1.12. The molecule has 1 rings (SSSR count). The number of methoxy groups -OCH3 is 1. The van der Waals surface area contributed by atoms with Crippen LogP contribution in [0.4, 0.5) is 0 Å². The molecule has 0 amide bonds. The molecule has 0 heterocycles. The maximum absolute atomic E-state index is 11.9. The molecule has 0 fully saturated rings. The van der Waals surface area contributed by atoms with Crippen LogP contribution < -0.4 is 4.74 Å². The molecule has 0 unspecified atom stereocenters. The maximum Gasteiger partial charge on any atom is 0.281 e. The molecule has 0 saturated heterocycles. The van der Waals surface area contributed by atoms with Crippen molar-refractivity contribution < 1.29 is 17.9 Å². The van der Waals surface area contributed by atoms with Crippen molar-refractivity contribution in [3.8, 4) is 5.75 Å². The predicted molar refractivity (Wildman–Crippen MR) is 72.5 cm³/mol. The molecule has 0 aliphatic carbocycles. The third kappa shape index (κ3) is 3.52. The summed E-state index contributed by atoms with van der Waals surface area (Å²) >= 11 is 0. The van der Waals surface area contributed by atoms with E-state index in [1.807, 2.05) is 0 Å². The normalized spacial score (nSPS) is 11.9. The fourth-order valence-electron chi connectivity index (χ4n) is 1.60. The van der Waals surface area contributed by atoms with Crippen LogP contribution in [0, 0.1) is 0 Å². The maximum atomic E-state index is 11.9. The van der Waals surface area contributed by atoms with E-state index in [4.69, 9.17) is 4.74 Å². The fourth-order valence-corrected chi connectivity index (χ4v) is 2.46. The monoisotopic (exact) mass is 286 g/mol. The average molecular weight is 286 g/mol. The number of benzene rings is 1. The lowest BCUT2D eigenvalue weighted by atomic mass is 10.1. The molecule has 1 aromatic rings. The van der Waals surface area contributed by atoms with Gasteiger partial charge in [0.05, 0.1) is 7.11 Å². The highest BCUT2D eigenvalue weighted by atomic mass is 32.2. The largest absolute Gasteiger partial charge is 0.496 e. The lowest BCUT2D eigenvalue weighted by Gasteiger charge is -2.22. The van der Waals surface area contributed by atoms with E-state index in [-0.39, 0.29) is 6.54 Å². The molecule has 0 aliphatic rings. The van der Waals surface area contributed by atoms with E-state index in [0.717, 1.165) is 4.31 Å². The molecular weight excluding hydrogens is 268 g/mol. The molecule has 6 nitrogen and oxygen atoms in total. The number of hydrogen-bond donors (Lipinski definition) is 0. The first kappa shape index (κ1) is 15.6. The zero-order valence-corrected chi connectivity index (χ0v) is 12.3. The van der Waals surface area contributed by atoms with Crippen LogP contribution >= 0.6 is 0 Å². The Morgan fingerprint density at radius 3 is 2.37 bits per heavy atom. The third-order valence-corrected chi connectivity index (χ3v) is 4.53. The molecule has 0 spiro atoms. The summed E-state index contributed by atoms with van der Waals surface area (Å²) in [4.78, 5) is 10.8. The van der Waals surface area contributed by atoms with Crippen molar-refractivity contribution in [2.45, 2.75) is 6.54 Å². The van der Waals surface area contributed by atoms with Gasteiger partial charge in [-0.25, -0.2) is 0 Å². The summed E-state index contributed by atoms with van der Waals surface area (Å²) in [6, 6.07) is 4.89. The van der Waals surface area contributed by atoms with Gasteiger partial charge in [-0.1, -0.05) is 0 Å².